The van der Waals surface area contributed by atoms with Gasteiger partial charge in [-0.15, -0.1) is 0 Å². The molecule has 0 aliphatic heterocycles. The minimum atomic E-state index is -1.37. The van der Waals surface area contributed by atoms with E-state index in [-0.39, 0.29) is 18.5 Å². The first-order chi connectivity index (χ1) is 19.8. The zero-order valence-electron chi connectivity index (χ0n) is 25.6. The van der Waals surface area contributed by atoms with Crippen LogP contribution in [0.3, 0.4) is 0 Å². The van der Waals surface area contributed by atoms with Gasteiger partial charge in [0.25, 0.3) is 0 Å². The lowest BCUT2D eigenvalue weighted by atomic mass is 9.83. The van der Waals surface area contributed by atoms with Crippen molar-refractivity contribution in [3.8, 4) is 0 Å². The summed E-state index contributed by atoms with van der Waals surface area (Å²) in [7, 11) is 0. The number of carbonyl (C=O) groups excluding carboxylic acids is 2. The Morgan fingerprint density at radius 3 is 1.93 bits per heavy atom. The first-order valence-electron chi connectivity index (χ1n) is 16.0. The maximum absolute atomic E-state index is 13.3. The molecule has 1 aromatic rings. The second kappa shape index (κ2) is 19.3. The van der Waals surface area contributed by atoms with E-state index in [1.807, 2.05) is 6.92 Å². The highest BCUT2D eigenvalue weighted by molar-refractivity contribution is 5.92. The summed E-state index contributed by atoms with van der Waals surface area (Å²) in [4.78, 5) is 37.9. The number of hydrogen-bond donors (Lipinski definition) is 1. The molecular formula is C35H52O6. The third kappa shape index (κ3) is 12.2. The molecule has 0 saturated heterocycles. The normalized spacial score (nSPS) is 18.7. The number of carboxylic acid groups (broad SMARTS) is 1. The van der Waals surface area contributed by atoms with Gasteiger partial charge in [0.15, 0.2) is 5.60 Å². The van der Waals surface area contributed by atoms with Crippen LogP contribution in [-0.2, 0) is 24.7 Å². The largest absolute Gasteiger partial charge is 0.481 e. The van der Waals surface area contributed by atoms with Gasteiger partial charge >= 0.3 is 17.9 Å². The summed E-state index contributed by atoms with van der Waals surface area (Å²) in [5.74, 6) is -2.67. The van der Waals surface area contributed by atoms with E-state index in [0.29, 0.717) is 11.1 Å². The van der Waals surface area contributed by atoms with Crippen LogP contribution in [0, 0.1) is 5.92 Å². The Bertz CT molecular complexity index is 980. The van der Waals surface area contributed by atoms with Crippen LogP contribution >= 0.6 is 0 Å². The fourth-order valence-corrected chi connectivity index (χ4v) is 5.24. The summed E-state index contributed by atoms with van der Waals surface area (Å²) in [5.41, 5.74) is -0.597. The van der Waals surface area contributed by atoms with E-state index >= 15 is 0 Å². The molecule has 6 heteroatoms. The lowest BCUT2D eigenvalue weighted by molar-refractivity contribution is -0.152. The zero-order valence-corrected chi connectivity index (χ0v) is 25.6. The van der Waals surface area contributed by atoms with E-state index < -0.39 is 23.5 Å². The molecule has 0 unspecified atom stereocenters. The number of esters is 2. The molecule has 1 aliphatic carbocycles. The van der Waals surface area contributed by atoms with E-state index in [1.165, 1.54) is 57.1 Å². The molecule has 1 N–H and O–H groups in total. The first kappa shape index (κ1) is 34.3. The molecule has 0 amide bonds. The van der Waals surface area contributed by atoms with Crippen LogP contribution in [0.4, 0.5) is 0 Å². The van der Waals surface area contributed by atoms with Crippen LogP contribution in [0.15, 0.2) is 48.6 Å². The van der Waals surface area contributed by atoms with Crippen LogP contribution in [0.5, 0.6) is 0 Å². The fourth-order valence-electron chi connectivity index (χ4n) is 5.24. The molecule has 6 nitrogen and oxygen atoms in total. The van der Waals surface area contributed by atoms with Gasteiger partial charge in [0.1, 0.15) is 0 Å². The van der Waals surface area contributed by atoms with Crippen LogP contribution < -0.4 is 0 Å². The summed E-state index contributed by atoms with van der Waals surface area (Å²) < 4.78 is 11.8. The van der Waals surface area contributed by atoms with E-state index in [2.05, 4.69) is 13.8 Å². The predicted molar refractivity (Wildman–Crippen MR) is 164 cm³/mol. The molecule has 0 radical (unpaired) electrons. The molecule has 1 atom stereocenters. The number of ether oxygens (including phenoxy) is 2. The highest BCUT2D eigenvalue weighted by Crippen LogP contribution is 2.37. The highest BCUT2D eigenvalue weighted by Gasteiger charge is 2.38. The van der Waals surface area contributed by atoms with Gasteiger partial charge in [-0.1, -0.05) is 121 Å². The fraction of sp³-hybridized carbons (Fsp3) is 0.629. The van der Waals surface area contributed by atoms with E-state index in [0.717, 1.165) is 51.4 Å². The van der Waals surface area contributed by atoms with E-state index in [9.17, 15) is 19.5 Å². The smallest absolute Gasteiger partial charge is 0.338 e. The molecule has 0 saturated carbocycles. The molecule has 0 aromatic heterocycles. The van der Waals surface area contributed by atoms with Crippen LogP contribution in [0.25, 0.3) is 0 Å². The molecule has 1 aromatic carbocycles. The number of aliphatic carboxylic acids is 1. The lowest BCUT2D eigenvalue weighted by Crippen LogP contribution is -2.33. The number of benzene rings is 1. The molecular weight excluding hydrogens is 516 g/mol. The predicted octanol–water partition coefficient (Wildman–Crippen LogP) is 9.08. The first-order valence-corrected chi connectivity index (χ1v) is 16.0. The number of hydrogen-bond acceptors (Lipinski definition) is 5. The Morgan fingerprint density at radius 2 is 1.34 bits per heavy atom. The van der Waals surface area contributed by atoms with Crippen molar-refractivity contribution in [2.75, 3.05) is 0 Å². The topological polar surface area (TPSA) is 89.9 Å². The number of carbonyl (C=O) groups is 3. The van der Waals surface area contributed by atoms with Crippen LogP contribution in [0.2, 0.25) is 0 Å². The van der Waals surface area contributed by atoms with Crippen molar-refractivity contribution in [3.63, 3.8) is 0 Å². The quantitative estimate of drug-likeness (QED) is 0.0904. The second-order valence-electron chi connectivity index (χ2n) is 11.4. The monoisotopic (exact) mass is 568 g/mol. The number of unbranched alkanes of at least 4 members (excludes halogenated alkanes) is 12. The average Bonchev–Trinajstić information content (AvgIpc) is 2.96. The van der Waals surface area contributed by atoms with Gasteiger partial charge < -0.3 is 14.6 Å². The van der Waals surface area contributed by atoms with Gasteiger partial charge in [0.2, 0.25) is 0 Å². The van der Waals surface area contributed by atoms with Crippen LogP contribution in [0.1, 0.15) is 139 Å². The van der Waals surface area contributed by atoms with Gasteiger partial charge in [-0.25, -0.2) is 4.79 Å². The summed E-state index contributed by atoms with van der Waals surface area (Å²) in [6, 6.07) is 6.95. The third-order valence-electron chi connectivity index (χ3n) is 7.75. The Labute approximate surface area is 247 Å². The minimum Gasteiger partial charge on any atom is -0.481 e. The van der Waals surface area contributed by atoms with Crippen molar-refractivity contribution < 1.29 is 29.0 Å². The SMILES string of the molecule is CCCCCCCCCCCCC(=O)OC1(c2ccccc2C(=O)O[C@H](C)CCCCCC)C=CC(C(=O)O)C=C1. The van der Waals surface area contributed by atoms with Gasteiger partial charge in [-0.05, 0) is 44.4 Å². The lowest BCUT2D eigenvalue weighted by Gasteiger charge is -2.32. The molecule has 2 rings (SSSR count). The Morgan fingerprint density at radius 1 is 0.805 bits per heavy atom. The minimum absolute atomic E-state index is 0.240. The van der Waals surface area contributed by atoms with Gasteiger partial charge in [-0.2, -0.15) is 0 Å². The summed E-state index contributed by atoms with van der Waals surface area (Å²) in [6.45, 7) is 6.28. The van der Waals surface area contributed by atoms with Crippen molar-refractivity contribution in [1.29, 1.82) is 0 Å². The number of rotatable bonds is 21. The maximum Gasteiger partial charge on any atom is 0.338 e. The van der Waals surface area contributed by atoms with Crippen molar-refractivity contribution in [1.82, 2.24) is 0 Å². The Hall–Kier alpha value is -2.89. The molecule has 228 valence electrons. The standard InChI is InChI=1S/C35H52O6/c1-4-6-8-10-11-12-13-14-15-17-23-32(36)41-35(26-24-29(25-27-35)33(37)38)31-22-19-18-21-30(31)34(39)40-28(3)20-16-9-7-5-2/h18-19,21-22,24-29H,4-17,20,23H2,1-3H3,(H,37,38)/t28-,29?,35?/m1/s1. The van der Waals surface area contributed by atoms with Crippen molar-refractivity contribution in [2.45, 2.75) is 135 Å². The molecule has 41 heavy (non-hydrogen) atoms. The third-order valence-corrected chi connectivity index (χ3v) is 7.75. The average molecular weight is 569 g/mol. The van der Waals surface area contributed by atoms with Gasteiger partial charge in [-0.3, -0.25) is 9.59 Å². The van der Waals surface area contributed by atoms with Crippen molar-refractivity contribution in [3.05, 3.63) is 59.7 Å². The summed E-state index contributed by atoms with van der Waals surface area (Å²) >= 11 is 0. The molecule has 0 bridgehead atoms. The Kier molecular flexibility index (Phi) is 16.1. The Balaban J connectivity index is 2.05. The molecule has 1 aliphatic rings. The summed E-state index contributed by atoms with van der Waals surface area (Å²) in [6.07, 6.45) is 23.1. The van der Waals surface area contributed by atoms with Crippen LogP contribution in [-0.4, -0.2) is 29.1 Å². The van der Waals surface area contributed by atoms with Crippen molar-refractivity contribution in [2.24, 2.45) is 5.92 Å². The summed E-state index contributed by atoms with van der Waals surface area (Å²) in [5, 5.41) is 9.48. The van der Waals surface area contributed by atoms with Gasteiger partial charge in [0, 0.05) is 12.0 Å². The molecule has 0 spiro atoms. The number of carboxylic acids is 1. The maximum atomic E-state index is 13.3. The zero-order chi connectivity index (χ0) is 29.9. The highest BCUT2D eigenvalue weighted by atomic mass is 16.6. The van der Waals surface area contributed by atoms with Gasteiger partial charge in [0.05, 0.1) is 17.6 Å². The second-order valence-corrected chi connectivity index (χ2v) is 11.4. The van der Waals surface area contributed by atoms with E-state index in [4.69, 9.17) is 9.47 Å². The van der Waals surface area contributed by atoms with Crippen molar-refractivity contribution >= 4 is 17.9 Å². The molecule has 0 fully saturated rings. The van der Waals surface area contributed by atoms with E-state index in [1.54, 1.807) is 36.4 Å². The molecule has 0 heterocycles.